The zero-order chi connectivity index (χ0) is 20.4. The average Bonchev–Trinajstić information content (AvgIpc) is 2.64. The number of benzene rings is 3. The Morgan fingerprint density at radius 3 is 2.36 bits per heavy atom. The van der Waals surface area contributed by atoms with Crippen LogP contribution in [0.3, 0.4) is 0 Å². The highest BCUT2D eigenvalue weighted by molar-refractivity contribution is 6.10. The molecule has 0 fully saturated rings. The van der Waals surface area contributed by atoms with Gasteiger partial charge in [0.15, 0.2) is 11.6 Å². The number of methoxy groups -OCH3 is 2. The van der Waals surface area contributed by atoms with Crippen molar-refractivity contribution in [2.45, 2.75) is 19.8 Å². The first-order chi connectivity index (χ1) is 13.3. The Morgan fingerprint density at radius 1 is 1.04 bits per heavy atom. The lowest BCUT2D eigenvalue weighted by atomic mass is 9.97. The van der Waals surface area contributed by atoms with Gasteiger partial charge in [-0.25, -0.2) is 4.39 Å². The molecule has 7 heteroatoms. The van der Waals surface area contributed by atoms with E-state index in [0.717, 1.165) is 0 Å². The van der Waals surface area contributed by atoms with Crippen LogP contribution >= 0.6 is 0 Å². The molecular weight excluding hydrogens is 367 g/mol. The lowest BCUT2D eigenvalue weighted by Crippen LogP contribution is -2.04. The highest BCUT2D eigenvalue weighted by Crippen LogP contribution is 2.44. The smallest absolute Gasteiger partial charge is 0.308 e. The van der Waals surface area contributed by atoms with E-state index in [0.29, 0.717) is 32.9 Å². The summed E-state index contributed by atoms with van der Waals surface area (Å²) in [5, 5.41) is 11.2. The maximum atomic E-state index is 14.2. The van der Waals surface area contributed by atoms with E-state index >= 15 is 0 Å². The van der Waals surface area contributed by atoms with Gasteiger partial charge in [0.1, 0.15) is 11.5 Å². The standard InChI is InChI=1S/C21H19FO6/c1-11(23)28-17-9-12(4-7-18(24)25)8-13-10-15-14(21(27-3)19(13)17)5-6-16(22)20(15)26-2/h5-6,8-10H,4,7H2,1-3H3,(H,24,25). The van der Waals surface area contributed by atoms with Crippen molar-refractivity contribution in [3.63, 3.8) is 0 Å². The van der Waals surface area contributed by atoms with Crippen LogP contribution in [-0.2, 0) is 16.0 Å². The van der Waals surface area contributed by atoms with Crippen molar-refractivity contribution >= 4 is 33.5 Å². The van der Waals surface area contributed by atoms with Crippen LogP contribution in [0.4, 0.5) is 4.39 Å². The molecule has 3 aromatic carbocycles. The average molecular weight is 386 g/mol. The molecule has 6 nitrogen and oxygen atoms in total. The first kappa shape index (κ1) is 19.4. The molecule has 0 aliphatic heterocycles. The van der Waals surface area contributed by atoms with Gasteiger partial charge in [-0.15, -0.1) is 0 Å². The Balaban J connectivity index is 2.38. The summed E-state index contributed by atoms with van der Waals surface area (Å²) >= 11 is 0. The van der Waals surface area contributed by atoms with Crippen LogP contribution in [0.2, 0.25) is 0 Å². The highest BCUT2D eigenvalue weighted by Gasteiger charge is 2.19. The molecule has 0 radical (unpaired) electrons. The van der Waals surface area contributed by atoms with Crippen LogP contribution in [0.1, 0.15) is 18.9 Å². The number of carboxylic acids is 1. The van der Waals surface area contributed by atoms with Crippen LogP contribution in [0, 0.1) is 5.82 Å². The summed E-state index contributed by atoms with van der Waals surface area (Å²) in [5.74, 6) is -1.23. The van der Waals surface area contributed by atoms with E-state index in [4.69, 9.17) is 19.3 Å². The zero-order valence-electron chi connectivity index (χ0n) is 15.7. The number of esters is 1. The summed E-state index contributed by atoms with van der Waals surface area (Å²) in [6, 6.07) is 7.97. The maximum Gasteiger partial charge on any atom is 0.308 e. The van der Waals surface area contributed by atoms with Gasteiger partial charge in [0.05, 0.1) is 19.6 Å². The van der Waals surface area contributed by atoms with Gasteiger partial charge in [0.25, 0.3) is 0 Å². The van der Waals surface area contributed by atoms with Gasteiger partial charge in [-0.2, -0.15) is 0 Å². The Hall–Kier alpha value is -3.35. The molecule has 3 aromatic rings. The lowest BCUT2D eigenvalue weighted by Gasteiger charge is -2.16. The number of halogens is 1. The number of carbonyl (C=O) groups excluding carboxylic acids is 1. The second kappa shape index (κ2) is 7.72. The molecule has 1 N–H and O–H groups in total. The molecule has 0 spiro atoms. The van der Waals surface area contributed by atoms with Crippen LogP contribution in [0.25, 0.3) is 21.5 Å². The quantitative estimate of drug-likeness (QED) is 0.390. The second-order valence-electron chi connectivity index (χ2n) is 6.27. The van der Waals surface area contributed by atoms with Crippen LogP contribution in [0.5, 0.6) is 17.2 Å². The fourth-order valence-electron chi connectivity index (χ4n) is 3.31. The van der Waals surface area contributed by atoms with Crippen molar-refractivity contribution in [3.8, 4) is 17.2 Å². The molecule has 0 saturated carbocycles. The minimum absolute atomic E-state index is 0.0719. The van der Waals surface area contributed by atoms with Crippen molar-refractivity contribution in [3.05, 3.63) is 41.7 Å². The van der Waals surface area contributed by atoms with Crippen molar-refractivity contribution in [2.75, 3.05) is 14.2 Å². The fourth-order valence-corrected chi connectivity index (χ4v) is 3.31. The maximum absolute atomic E-state index is 14.2. The van der Waals surface area contributed by atoms with E-state index in [1.54, 1.807) is 24.3 Å². The van der Waals surface area contributed by atoms with Crippen LogP contribution in [0.15, 0.2) is 30.3 Å². The Bertz CT molecular complexity index is 1090. The number of hydrogen-bond acceptors (Lipinski definition) is 5. The number of ether oxygens (including phenoxy) is 3. The van der Waals surface area contributed by atoms with E-state index in [2.05, 4.69) is 0 Å². The predicted molar refractivity (Wildman–Crippen MR) is 102 cm³/mol. The Kier molecular flexibility index (Phi) is 5.35. The molecule has 0 bridgehead atoms. The molecule has 0 amide bonds. The highest BCUT2D eigenvalue weighted by atomic mass is 19.1. The van der Waals surface area contributed by atoms with Crippen LogP contribution in [-0.4, -0.2) is 31.3 Å². The van der Waals surface area contributed by atoms with Gasteiger partial charge in [0.2, 0.25) is 0 Å². The minimum Gasteiger partial charge on any atom is -0.495 e. The molecule has 146 valence electrons. The molecule has 0 aromatic heterocycles. The molecule has 0 aliphatic carbocycles. The second-order valence-corrected chi connectivity index (χ2v) is 6.27. The van der Waals surface area contributed by atoms with Crippen molar-refractivity contribution in [1.82, 2.24) is 0 Å². The van der Waals surface area contributed by atoms with E-state index in [-0.39, 0.29) is 24.3 Å². The van der Waals surface area contributed by atoms with E-state index < -0.39 is 17.8 Å². The van der Waals surface area contributed by atoms with Gasteiger partial charge in [0, 0.05) is 24.1 Å². The van der Waals surface area contributed by atoms with Gasteiger partial charge in [-0.3, -0.25) is 9.59 Å². The van der Waals surface area contributed by atoms with Gasteiger partial charge in [-0.1, -0.05) is 6.07 Å². The molecule has 28 heavy (non-hydrogen) atoms. The monoisotopic (exact) mass is 386 g/mol. The zero-order valence-corrected chi connectivity index (χ0v) is 15.7. The summed E-state index contributed by atoms with van der Waals surface area (Å²) < 4.78 is 30.4. The summed E-state index contributed by atoms with van der Waals surface area (Å²) in [4.78, 5) is 22.5. The number of fused-ring (bicyclic) bond motifs is 2. The van der Waals surface area contributed by atoms with Crippen molar-refractivity contribution in [2.24, 2.45) is 0 Å². The number of aryl methyl sites for hydroxylation is 1. The van der Waals surface area contributed by atoms with Crippen molar-refractivity contribution in [1.29, 1.82) is 0 Å². The third kappa shape index (κ3) is 3.55. The predicted octanol–water partition coefficient (Wildman–Crippen LogP) is 4.09. The largest absolute Gasteiger partial charge is 0.495 e. The van der Waals surface area contributed by atoms with E-state index in [1.807, 2.05) is 0 Å². The lowest BCUT2D eigenvalue weighted by molar-refractivity contribution is -0.137. The fraction of sp³-hybridized carbons (Fsp3) is 0.238. The summed E-state index contributed by atoms with van der Waals surface area (Å²) in [5.41, 5.74) is 0.669. The third-order valence-electron chi connectivity index (χ3n) is 4.40. The topological polar surface area (TPSA) is 82.1 Å². The van der Waals surface area contributed by atoms with Gasteiger partial charge in [-0.05, 0) is 41.6 Å². The van der Waals surface area contributed by atoms with Crippen molar-refractivity contribution < 1.29 is 33.3 Å². The summed E-state index contributed by atoms with van der Waals surface area (Å²) in [7, 11) is 2.85. The third-order valence-corrected chi connectivity index (χ3v) is 4.40. The van der Waals surface area contributed by atoms with Gasteiger partial charge >= 0.3 is 11.9 Å². The number of carbonyl (C=O) groups is 2. The molecule has 0 saturated heterocycles. The molecule has 0 aliphatic rings. The number of aliphatic carboxylic acids is 1. The van der Waals surface area contributed by atoms with E-state index in [9.17, 15) is 14.0 Å². The van der Waals surface area contributed by atoms with E-state index in [1.165, 1.54) is 27.2 Å². The van der Waals surface area contributed by atoms with Gasteiger partial charge < -0.3 is 19.3 Å². The molecule has 0 unspecified atom stereocenters. The summed E-state index contributed by atoms with van der Waals surface area (Å²) in [6.45, 7) is 1.28. The number of rotatable bonds is 6. The van der Waals surface area contributed by atoms with Crippen LogP contribution < -0.4 is 14.2 Å². The molecule has 0 heterocycles. The normalized spacial score (nSPS) is 10.9. The SMILES string of the molecule is COc1c(F)ccc2c(OC)c3c(OC(C)=O)cc(CCC(=O)O)cc3cc12. The molecule has 0 atom stereocenters. The Morgan fingerprint density at radius 2 is 1.75 bits per heavy atom. The first-order valence-electron chi connectivity index (χ1n) is 8.55. The molecular formula is C21H19FO6. The first-order valence-corrected chi connectivity index (χ1v) is 8.55. The number of hydrogen-bond donors (Lipinski definition) is 1. The molecule has 3 rings (SSSR count). The Labute approximate surface area is 160 Å². The summed E-state index contributed by atoms with van der Waals surface area (Å²) in [6.07, 6.45) is 0.174. The minimum atomic E-state index is -0.936. The number of carboxylic acid groups (broad SMARTS) is 1.